The minimum Gasteiger partial charge on any atom is -0.255 e. The number of pyridine rings is 2. The largest absolute Gasteiger partial charge is 0.255 e. The second-order valence-corrected chi connectivity index (χ2v) is 5.33. The molecule has 4 aromatic rings. The van der Waals surface area contributed by atoms with Gasteiger partial charge in [-0.1, -0.05) is 18.2 Å². The van der Waals surface area contributed by atoms with Crippen LogP contribution < -0.4 is 0 Å². The molecule has 0 fully saturated rings. The molecule has 4 rings (SSSR count). The van der Waals surface area contributed by atoms with Crippen molar-refractivity contribution < 1.29 is 0 Å². The van der Waals surface area contributed by atoms with Crippen molar-refractivity contribution in [2.24, 2.45) is 0 Å². The molecule has 0 N–H and O–H groups in total. The zero-order valence-electron chi connectivity index (χ0n) is 11.5. The van der Waals surface area contributed by atoms with Crippen LogP contribution in [0.15, 0.2) is 48.7 Å². The summed E-state index contributed by atoms with van der Waals surface area (Å²) in [5.41, 5.74) is 5.66. The lowest BCUT2D eigenvalue weighted by molar-refractivity contribution is 1.34. The van der Waals surface area contributed by atoms with E-state index < -0.39 is 0 Å². The average Bonchev–Trinajstić information content (AvgIpc) is 2.47. The normalized spacial score (nSPS) is 11.5. The van der Waals surface area contributed by atoms with E-state index in [4.69, 9.17) is 4.98 Å². The minimum absolute atomic E-state index is 0.996. The van der Waals surface area contributed by atoms with Crippen LogP contribution in [0, 0.1) is 13.8 Å². The van der Waals surface area contributed by atoms with E-state index in [2.05, 4.69) is 43.1 Å². The zero-order chi connectivity index (χ0) is 13.7. The molecule has 0 saturated carbocycles. The molecule has 96 valence electrons. The second-order valence-electron chi connectivity index (χ2n) is 5.33. The Kier molecular flexibility index (Phi) is 2.27. The van der Waals surface area contributed by atoms with E-state index in [9.17, 15) is 0 Å². The van der Waals surface area contributed by atoms with Crippen LogP contribution in [-0.4, -0.2) is 9.97 Å². The third kappa shape index (κ3) is 1.58. The molecule has 2 heterocycles. The summed E-state index contributed by atoms with van der Waals surface area (Å²) in [6.45, 7) is 4.27. The molecule has 0 aliphatic carbocycles. The molecule has 0 radical (unpaired) electrons. The molecule has 0 saturated heterocycles. The SMILES string of the molecule is Cc1cc2cc3cnc4ccccc4c3nc2cc1C. The maximum Gasteiger partial charge on any atom is 0.0819 e. The number of para-hydroxylation sites is 1. The first kappa shape index (κ1) is 11.4. The molecular weight excluding hydrogens is 244 g/mol. The van der Waals surface area contributed by atoms with E-state index >= 15 is 0 Å². The summed E-state index contributed by atoms with van der Waals surface area (Å²) in [7, 11) is 0. The number of hydrogen-bond acceptors (Lipinski definition) is 2. The molecule has 0 amide bonds. The van der Waals surface area contributed by atoms with Crippen molar-refractivity contribution in [2.75, 3.05) is 0 Å². The van der Waals surface area contributed by atoms with Gasteiger partial charge in [0, 0.05) is 22.4 Å². The Morgan fingerprint density at radius 3 is 2.50 bits per heavy atom. The Morgan fingerprint density at radius 1 is 0.800 bits per heavy atom. The minimum atomic E-state index is 0.996. The Bertz CT molecular complexity index is 971. The van der Waals surface area contributed by atoms with Crippen molar-refractivity contribution in [3.05, 3.63) is 59.8 Å². The van der Waals surface area contributed by atoms with Gasteiger partial charge in [-0.15, -0.1) is 0 Å². The summed E-state index contributed by atoms with van der Waals surface area (Å²) < 4.78 is 0. The maximum absolute atomic E-state index is 4.87. The van der Waals surface area contributed by atoms with E-state index in [1.165, 1.54) is 16.5 Å². The van der Waals surface area contributed by atoms with Crippen molar-refractivity contribution >= 4 is 32.7 Å². The predicted octanol–water partition coefficient (Wildman–Crippen LogP) is 4.55. The van der Waals surface area contributed by atoms with Gasteiger partial charge in [0.2, 0.25) is 0 Å². The van der Waals surface area contributed by atoms with Crippen LogP contribution >= 0.6 is 0 Å². The number of aromatic nitrogens is 2. The molecule has 20 heavy (non-hydrogen) atoms. The van der Waals surface area contributed by atoms with Crippen molar-refractivity contribution in [3.8, 4) is 0 Å². The predicted molar refractivity (Wildman–Crippen MR) is 84.0 cm³/mol. The van der Waals surface area contributed by atoms with Crippen molar-refractivity contribution in [2.45, 2.75) is 13.8 Å². The van der Waals surface area contributed by atoms with E-state index in [1.807, 2.05) is 24.4 Å². The third-order valence-corrected chi connectivity index (χ3v) is 3.96. The van der Waals surface area contributed by atoms with Crippen LogP contribution in [-0.2, 0) is 0 Å². The Morgan fingerprint density at radius 2 is 1.60 bits per heavy atom. The first-order valence-electron chi connectivity index (χ1n) is 6.78. The summed E-state index contributed by atoms with van der Waals surface area (Å²) in [5.74, 6) is 0. The summed E-state index contributed by atoms with van der Waals surface area (Å²) in [4.78, 5) is 9.38. The van der Waals surface area contributed by atoms with Crippen molar-refractivity contribution in [1.82, 2.24) is 9.97 Å². The van der Waals surface area contributed by atoms with Gasteiger partial charge in [0.15, 0.2) is 0 Å². The number of benzene rings is 2. The molecule has 0 aliphatic rings. The fraction of sp³-hybridized carbons (Fsp3) is 0.111. The lowest BCUT2D eigenvalue weighted by Gasteiger charge is -2.07. The Balaban J connectivity index is 2.21. The molecule has 2 heteroatoms. The van der Waals surface area contributed by atoms with Crippen LogP contribution in [0.4, 0.5) is 0 Å². The van der Waals surface area contributed by atoms with Crippen molar-refractivity contribution in [1.29, 1.82) is 0 Å². The summed E-state index contributed by atoms with van der Waals surface area (Å²) in [6, 6.07) is 14.7. The highest BCUT2D eigenvalue weighted by atomic mass is 14.7. The first-order chi connectivity index (χ1) is 9.72. The van der Waals surface area contributed by atoms with Gasteiger partial charge in [0.25, 0.3) is 0 Å². The molecule has 0 bridgehead atoms. The third-order valence-electron chi connectivity index (χ3n) is 3.96. The smallest absolute Gasteiger partial charge is 0.0819 e. The fourth-order valence-corrected chi connectivity index (χ4v) is 2.70. The van der Waals surface area contributed by atoms with Crippen LogP contribution in [0.1, 0.15) is 11.1 Å². The standard InChI is InChI=1S/C18H14N2/c1-11-7-13-9-14-10-19-16-6-4-3-5-15(16)18(14)20-17(13)8-12(11)2/h3-10H,1-2H3. The molecule has 2 aromatic heterocycles. The van der Waals surface area contributed by atoms with Crippen molar-refractivity contribution in [3.63, 3.8) is 0 Å². The van der Waals surface area contributed by atoms with Gasteiger partial charge < -0.3 is 0 Å². The molecule has 0 spiro atoms. The van der Waals surface area contributed by atoms with Crippen LogP contribution in [0.5, 0.6) is 0 Å². The second kappa shape index (κ2) is 4.01. The highest BCUT2D eigenvalue weighted by Crippen LogP contribution is 2.26. The fourth-order valence-electron chi connectivity index (χ4n) is 2.70. The quantitative estimate of drug-likeness (QED) is 0.341. The molecule has 2 nitrogen and oxygen atoms in total. The van der Waals surface area contributed by atoms with Gasteiger partial charge in [-0.25, -0.2) is 4.98 Å². The molecule has 2 aromatic carbocycles. The average molecular weight is 258 g/mol. The number of fused-ring (bicyclic) bond motifs is 4. The van der Waals surface area contributed by atoms with E-state index in [1.54, 1.807) is 0 Å². The van der Waals surface area contributed by atoms with Gasteiger partial charge in [0.05, 0.1) is 16.6 Å². The van der Waals surface area contributed by atoms with Crippen LogP contribution in [0.25, 0.3) is 32.7 Å². The lowest BCUT2D eigenvalue weighted by Crippen LogP contribution is -1.89. The highest BCUT2D eigenvalue weighted by molar-refractivity contribution is 6.06. The van der Waals surface area contributed by atoms with Gasteiger partial charge in [-0.05, 0) is 49.2 Å². The summed E-state index contributed by atoms with van der Waals surface area (Å²) in [6.07, 6.45) is 1.92. The van der Waals surface area contributed by atoms with E-state index in [-0.39, 0.29) is 0 Å². The number of nitrogens with zero attached hydrogens (tertiary/aromatic N) is 2. The van der Waals surface area contributed by atoms with Gasteiger partial charge >= 0.3 is 0 Å². The maximum atomic E-state index is 4.87. The van der Waals surface area contributed by atoms with Gasteiger partial charge in [-0.2, -0.15) is 0 Å². The monoisotopic (exact) mass is 258 g/mol. The number of hydrogen-bond donors (Lipinski definition) is 0. The lowest BCUT2D eigenvalue weighted by atomic mass is 10.0. The Hall–Kier alpha value is -2.48. The highest BCUT2D eigenvalue weighted by Gasteiger charge is 2.06. The van der Waals surface area contributed by atoms with Gasteiger partial charge in [-0.3, -0.25) is 4.98 Å². The van der Waals surface area contributed by atoms with Crippen LogP contribution in [0.3, 0.4) is 0 Å². The summed E-state index contributed by atoms with van der Waals surface area (Å²) >= 11 is 0. The van der Waals surface area contributed by atoms with E-state index in [0.29, 0.717) is 0 Å². The molecular formula is C18H14N2. The van der Waals surface area contributed by atoms with E-state index in [0.717, 1.165) is 27.3 Å². The molecule has 0 aliphatic heterocycles. The number of aryl methyl sites for hydroxylation is 2. The molecule has 0 unspecified atom stereocenters. The van der Waals surface area contributed by atoms with Gasteiger partial charge in [0.1, 0.15) is 0 Å². The summed E-state index contributed by atoms with van der Waals surface area (Å²) in [5, 5.41) is 3.39. The first-order valence-corrected chi connectivity index (χ1v) is 6.78. The zero-order valence-corrected chi connectivity index (χ0v) is 11.5. The van der Waals surface area contributed by atoms with Crippen LogP contribution in [0.2, 0.25) is 0 Å². The Labute approximate surface area is 117 Å². The molecule has 0 atom stereocenters. The number of rotatable bonds is 0. The topological polar surface area (TPSA) is 25.8 Å².